The van der Waals surface area contributed by atoms with Crippen molar-refractivity contribution in [3.05, 3.63) is 0 Å². The number of alkyl carbamates (subject to hydrolysis) is 1. The van der Waals surface area contributed by atoms with Gasteiger partial charge in [-0.1, -0.05) is 13.3 Å². The molecule has 8 heteroatoms. The van der Waals surface area contributed by atoms with E-state index in [1.165, 1.54) is 0 Å². The van der Waals surface area contributed by atoms with Crippen LogP contribution in [0.2, 0.25) is 0 Å². The van der Waals surface area contributed by atoms with Crippen LogP contribution in [0.4, 0.5) is 4.79 Å². The Morgan fingerprint density at radius 1 is 1.12 bits per heavy atom. The first-order valence-electron chi connectivity index (χ1n) is 9.09. The van der Waals surface area contributed by atoms with Crippen LogP contribution in [0.5, 0.6) is 0 Å². The van der Waals surface area contributed by atoms with Crippen molar-refractivity contribution in [2.45, 2.75) is 78.6 Å². The van der Waals surface area contributed by atoms with Crippen molar-refractivity contribution >= 4 is 36.0 Å². The number of amides is 1. The lowest BCUT2D eigenvalue weighted by Gasteiger charge is -2.25. The zero-order valence-corrected chi connectivity index (χ0v) is 20.0. The number of ether oxygens (including phenoxy) is 2. The van der Waals surface area contributed by atoms with Crippen LogP contribution >= 0.6 is 24.0 Å². The van der Waals surface area contributed by atoms with Crippen LogP contribution in [-0.4, -0.2) is 56.0 Å². The molecular weight excluding hydrogens is 447 g/mol. The second-order valence-electron chi connectivity index (χ2n) is 7.67. The number of nitrogens with zero attached hydrogens (tertiary/aromatic N) is 1. The summed E-state index contributed by atoms with van der Waals surface area (Å²) in [5, 5.41) is 9.42. The van der Waals surface area contributed by atoms with Crippen molar-refractivity contribution in [1.29, 1.82) is 0 Å². The normalized spacial score (nSPS) is 13.5. The molecule has 0 radical (unpaired) electrons. The second-order valence-corrected chi connectivity index (χ2v) is 7.67. The first kappa shape index (κ1) is 27.4. The quantitative estimate of drug-likeness (QED) is 0.265. The fourth-order valence-electron chi connectivity index (χ4n) is 1.94. The molecule has 0 rings (SSSR count). The van der Waals surface area contributed by atoms with Crippen molar-refractivity contribution in [2.24, 2.45) is 4.99 Å². The summed E-state index contributed by atoms with van der Waals surface area (Å²) in [5.41, 5.74) is -0.823. The highest BCUT2D eigenvalue weighted by Gasteiger charge is 2.20. The monoisotopic (exact) mass is 486 g/mol. The summed E-state index contributed by atoms with van der Waals surface area (Å²) in [6.45, 7) is 15.5. The predicted molar refractivity (Wildman–Crippen MR) is 119 cm³/mol. The fourth-order valence-corrected chi connectivity index (χ4v) is 1.94. The number of guanidine groups is 1. The Bertz CT molecular complexity index is 423. The highest BCUT2D eigenvalue weighted by molar-refractivity contribution is 14.0. The summed E-state index contributed by atoms with van der Waals surface area (Å²) in [6.07, 6.45) is 1.43. The number of nitrogens with one attached hydrogen (secondary N) is 3. The Labute approximate surface area is 176 Å². The number of rotatable bonds is 9. The second kappa shape index (κ2) is 13.4. The van der Waals surface area contributed by atoms with Crippen molar-refractivity contribution in [1.82, 2.24) is 16.0 Å². The molecule has 26 heavy (non-hydrogen) atoms. The van der Waals surface area contributed by atoms with Crippen molar-refractivity contribution < 1.29 is 14.3 Å². The molecule has 1 atom stereocenters. The Kier molecular flexibility index (Phi) is 14.2. The van der Waals surface area contributed by atoms with E-state index >= 15 is 0 Å². The van der Waals surface area contributed by atoms with Crippen LogP contribution in [0, 0.1) is 0 Å². The topological polar surface area (TPSA) is 84.0 Å². The highest BCUT2D eigenvalue weighted by atomic mass is 127. The molecule has 3 N–H and O–H groups in total. The summed E-state index contributed by atoms with van der Waals surface area (Å²) in [6, 6.07) is -0.0286. The van der Waals surface area contributed by atoms with Crippen LogP contribution in [0.25, 0.3) is 0 Å². The van der Waals surface area contributed by atoms with Crippen LogP contribution in [0.1, 0.15) is 61.3 Å². The Hall–Kier alpha value is -0.770. The van der Waals surface area contributed by atoms with E-state index in [0.717, 1.165) is 19.4 Å². The highest BCUT2D eigenvalue weighted by Crippen LogP contribution is 2.08. The molecule has 0 bridgehead atoms. The molecule has 0 spiro atoms. The molecule has 0 fully saturated rings. The number of carbonyl (C=O) groups excluding carboxylic acids is 1. The summed E-state index contributed by atoms with van der Waals surface area (Å²) in [7, 11) is 1.68. The zero-order valence-electron chi connectivity index (χ0n) is 17.7. The molecule has 0 aliphatic rings. The summed E-state index contributed by atoms with van der Waals surface area (Å²) < 4.78 is 10.7. The van der Waals surface area contributed by atoms with Crippen molar-refractivity contribution in [3.63, 3.8) is 0 Å². The minimum Gasteiger partial charge on any atom is -0.444 e. The molecule has 0 aromatic heterocycles. The Morgan fingerprint density at radius 3 is 2.19 bits per heavy atom. The number of carbonyl (C=O) groups is 1. The van der Waals surface area contributed by atoms with Gasteiger partial charge in [0, 0.05) is 26.2 Å². The van der Waals surface area contributed by atoms with Gasteiger partial charge in [-0.15, -0.1) is 24.0 Å². The number of hydrogen-bond acceptors (Lipinski definition) is 4. The lowest BCUT2D eigenvalue weighted by Crippen LogP contribution is -2.48. The third-order valence-corrected chi connectivity index (χ3v) is 3.39. The molecule has 7 nitrogen and oxygen atoms in total. The van der Waals surface area contributed by atoms with E-state index in [4.69, 9.17) is 9.47 Å². The van der Waals surface area contributed by atoms with Gasteiger partial charge in [-0.25, -0.2) is 4.79 Å². The van der Waals surface area contributed by atoms with Gasteiger partial charge in [0.2, 0.25) is 0 Å². The minimum absolute atomic E-state index is 0. The fraction of sp³-hybridized carbons (Fsp3) is 0.889. The summed E-state index contributed by atoms with van der Waals surface area (Å²) in [5.74, 6) is 0.708. The van der Waals surface area contributed by atoms with E-state index in [-0.39, 0.29) is 35.6 Å². The predicted octanol–water partition coefficient (Wildman–Crippen LogP) is 3.28. The van der Waals surface area contributed by atoms with Gasteiger partial charge < -0.3 is 25.4 Å². The number of halogens is 1. The maximum absolute atomic E-state index is 12.0. The number of hydrogen-bond donors (Lipinski definition) is 3. The van der Waals surface area contributed by atoms with Gasteiger partial charge in [-0.05, 0) is 48.0 Å². The van der Waals surface area contributed by atoms with Gasteiger partial charge >= 0.3 is 6.09 Å². The van der Waals surface area contributed by atoms with E-state index in [1.54, 1.807) is 7.11 Å². The van der Waals surface area contributed by atoms with Gasteiger partial charge in [-0.3, -0.25) is 4.99 Å². The third-order valence-electron chi connectivity index (χ3n) is 3.39. The molecule has 0 saturated carbocycles. The zero-order chi connectivity index (χ0) is 19.5. The molecule has 0 aliphatic heterocycles. The van der Waals surface area contributed by atoms with E-state index in [9.17, 15) is 4.79 Å². The lowest BCUT2D eigenvalue weighted by molar-refractivity contribution is 0.0310. The smallest absolute Gasteiger partial charge is 0.407 e. The molecule has 0 saturated heterocycles. The van der Waals surface area contributed by atoms with Gasteiger partial charge in [0.1, 0.15) is 5.60 Å². The molecule has 0 heterocycles. The van der Waals surface area contributed by atoms with Gasteiger partial charge in [0.05, 0.1) is 12.1 Å². The molecular formula is C18H39IN4O3. The van der Waals surface area contributed by atoms with Gasteiger partial charge in [0.15, 0.2) is 5.96 Å². The molecule has 0 aromatic carbocycles. The summed E-state index contributed by atoms with van der Waals surface area (Å²) >= 11 is 0. The largest absolute Gasteiger partial charge is 0.444 e. The van der Waals surface area contributed by atoms with Crippen LogP contribution in [0.15, 0.2) is 4.99 Å². The van der Waals surface area contributed by atoms with Crippen LogP contribution in [-0.2, 0) is 9.47 Å². The van der Waals surface area contributed by atoms with Gasteiger partial charge in [-0.2, -0.15) is 0 Å². The minimum atomic E-state index is -0.504. The number of aliphatic imine (C=N–C) groups is 1. The molecule has 1 unspecified atom stereocenters. The van der Waals surface area contributed by atoms with Crippen LogP contribution < -0.4 is 16.0 Å². The Balaban J connectivity index is 0. The summed E-state index contributed by atoms with van der Waals surface area (Å²) in [4.78, 5) is 16.5. The first-order valence-corrected chi connectivity index (χ1v) is 9.09. The van der Waals surface area contributed by atoms with Gasteiger partial charge in [0.25, 0.3) is 0 Å². The maximum atomic E-state index is 12.0. The standard InChI is InChI=1S/C18H38N4O3.HI/c1-9-11-14(22-16(23)25-17(3,4)5)12-20-15(19-10-2)21-13-18(6,7)24-8;/h14H,9-13H2,1-8H3,(H,22,23)(H2,19,20,21);1H. The molecule has 156 valence electrons. The van der Waals surface area contributed by atoms with Crippen LogP contribution in [0.3, 0.4) is 0 Å². The number of methoxy groups -OCH3 is 1. The SMILES string of the molecule is CCCC(CNC(=NCC(C)(C)OC)NCC)NC(=O)OC(C)(C)C.I. The van der Waals surface area contributed by atoms with Crippen molar-refractivity contribution in [2.75, 3.05) is 26.7 Å². The molecule has 1 amide bonds. The van der Waals surface area contributed by atoms with E-state index in [0.29, 0.717) is 19.0 Å². The molecule has 0 aliphatic carbocycles. The Morgan fingerprint density at radius 2 is 1.73 bits per heavy atom. The third kappa shape index (κ3) is 14.4. The average Bonchev–Trinajstić information content (AvgIpc) is 2.48. The molecule has 0 aromatic rings. The first-order chi connectivity index (χ1) is 11.5. The van der Waals surface area contributed by atoms with E-state index in [1.807, 2.05) is 41.5 Å². The van der Waals surface area contributed by atoms with E-state index < -0.39 is 11.7 Å². The van der Waals surface area contributed by atoms with E-state index in [2.05, 4.69) is 27.9 Å². The average molecular weight is 486 g/mol. The lowest BCUT2D eigenvalue weighted by atomic mass is 10.1. The van der Waals surface area contributed by atoms with Crippen molar-refractivity contribution in [3.8, 4) is 0 Å². The maximum Gasteiger partial charge on any atom is 0.407 e.